The fraction of sp³-hybridized carbons (Fsp3) is 0.120. The molecule has 0 fully saturated rings. The van der Waals surface area contributed by atoms with E-state index in [9.17, 15) is 28.8 Å². The van der Waals surface area contributed by atoms with Crippen LogP contribution >= 0.6 is 0 Å². The lowest BCUT2D eigenvalue weighted by molar-refractivity contribution is -0.137. The fourth-order valence-electron chi connectivity index (χ4n) is 3.81. The Bertz CT molecular complexity index is 1250. The van der Waals surface area contributed by atoms with Gasteiger partial charge in [-0.1, -0.05) is 48.5 Å². The Morgan fingerprint density at radius 2 is 0.879 bits per heavy atom. The zero-order chi connectivity index (χ0) is 23.9. The Kier molecular flexibility index (Phi) is 5.43. The summed E-state index contributed by atoms with van der Waals surface area (Å²) < 4.78 is 10.2. The summed E-state index contributed by atoms with van der Waals surface area (Å²) in [4.78, 5) is 75.9. The molecule has 8 heteroatoms. The number of carbonyl (C=O) groups is 6. The van der Waals surface area contributed by atoms with E-state index in [0.717, 1.165) is 13.8 Å². The van der Waals surface area contributed by atoms with E-state index in [0.29, 0.717) is 0 Å². The molecule has 0 unspecified atom stereocenters. The predicted octanol–water partition coefficient (Wildman–Crippen LogP) is 3.17. The lowest BCUT2D eigenvalue weighted by Crippen LogP contribution is -2.28. The number of Topliss-reactive ketones (excluding diaryl/α,β-unsaturated/α-hetero) is 4. The number of fused-ring (bicyclic) bond motifs is 2. The van der Waals surface area contributed by atoms with Gasteiger partial charge in [0.2, 0.25) is 11.6 Å². The molecule has 8 nitrogen and oxygen atoms in total. The van der Waals surface area contributed by atoms with Gasteiger partial charge in [0.05, 0.1) is 11.1 Å². The maximum Gasteiger partial charge on any atom is 0.308 e. The molecule has 2 aromatic carbocycles. The molecule has 0 N–H and O–H groups in total. The summed E-state index contributed by atoms with van der Waals surface area (Å²) in [6, 6.07) is 12.0. The molecular weight excluding hydrogens is 428 g/mol. The summed E-state index contributed by atoms with van der Waals surface area (Å²) in [5, 5.41) is 0. The third kappa shape index (κ3) is 3.71. The van der Waals surface area contributed by atoms with Gasteiger partial charge in [-0.2, -0.15) is 0 Å². The van der Waals surface area contributed by atoms with E-state index < -0.39 is 53.0 Å². The Morgan fingerprint density at radius 3 is 1.18 bits per heavy atom. The Hall–Kier alpha value is -4.46. The summed E-state index contributed by atoms with van der Waals surface area (Å²) in [7, 11) is 0. The maximum absolute atomic E-state index is 13.3. The van der Waals surface area contributed by atoms with Crippen LogP contribution in [0.2, 0.25) is 0 Å². The van der Waals surface area contributed by atoms with Gasteiger partial charge < -0.3 is 9.47 Å². The summed E-state index contributed by atoms with van der Waals surface area (Å²) in [5.74, 6) is -5.44. The highest BCUT2D eigenvalue weighted by atomic mass is 16.5. The van der Waals surface area contributed by atoms with Crippen molar-refractivity contribution in [3.05, 3.63) is 93.4 Å². The number of esters is 2. The highest BCUT2D eigenvalue weighted by Gasteiger charge is 2.39. The van der Waals surface area contributed by atoms with Gasteiger partial charge in [-0.25, -0.2) is 0 Å². The van der Waals surface area contributed by atoms with Crippen LogP contribution < -0.4 is 0 Å². The van der Waals surface area contributed by atoms with Crippen LogP contribution in [0, 0.1) is 0 Å². The second-order valence-electron chi connectivity index (χ2n) is 7.39. The maximum atomic E-state index is 13.3. The summed E-state index contributed by atoms with van der Waals surface area (Å²) in [6.45, 7) is 2.13. The molecule has 0 spiro atoms. The van der Waals surface area contributed by atoms with Crippen LogP contribution in [0.25, 0.3) is 0 Å². The minimum absolute atomic E-state index is 0.0491. The third-order valence-electron chi connectivity index (χ3n) is 5.19. The van der Waals surface area contributed by atoms with Crippen molar-refractivity contribution >= 4 is 35.1 Å². The zero-order valence-corrected chi connectivity index (χ0v) is 17.6. The van der Waals surface area contributed by atoms with Gasteiger partial charge in [0.1, 0.15) is 0 Å². The fourth-order valence-corrected chi connectivity index (χ4v) is 3.81. The van der Waals surface area contributed by atoms with Crippen molar-refractivity contribution < 1.29 is 38.2 Å². The van der Waals surface area contributed by atoms with E-state index in [-0.39, 0.29) is 33.4 Å². The van der Waals surface area contributed by atoms with Crippen LogP contribution in [-0.4, -0.2) is 35.1 Å². The van der Waals surface area contributed by atoms with Gasteiger partial charge in [-0.3, -0.25) is 28.8 Å². The molecular formula is C25H16O8. The minimum atomic E-state index is -0.839. The Balaban J connectivity index is 1.91. The first-order valence-electron chi connectivity index (χ1n) is 9.90. The van der Waals surface area contributed by atoms with Crippen LogP contribution in [0.5, 0.6) is 0 Å². The molecule has 33 heavy (non-hydrogen) atoms. The van der Waals surface area contributed by atoms with E-state index in [2.05, 4.69) is 0 Å². The molecule has 0 heterocycles. The average molecular weight is 444 g/mol. The number of ketones is 4. The van der Waals surface area contributed by atoms with E-state index >= 15 is 0 Å². The number of benzene rings is 2. The van der Waals surface area contributed by atoms with E-state index in [1.165, 1.54) is 24.3 Å². The first-order valence-corrected chi connectivity index (χ1v) is 9.90. The molecule has 0 bridgehead atoms. The largest absolute Gasteiger partial charge is 0.422 e. The van der Waals surface area contributed by atoms with Crippen LogP contribution in [0.15, 0.2) is 71.2 Å². The van der Waals surface area contributed by atoms with Crippen molar-refractivity contribution in [1.82, 2.24) is 0 Å². The number of hydrogen-bond donors (Lipinski definition) is 0. The first-order chi connectivity index (χ1) is 15.7. The van der Waals surface area contributed by atoms with Gasteiger partial charge in [0, 0.05) is 42.5 Å². The first kappa shape index (κ1) is 21.8. The third-order valence-corrected chi connectivity index (χ3v) is 5.19. The molecule has 2 aliphatic carbocycles. The molecule has 2 aliphatic rings. The second kappa shape index (κ2) is 8.23. The normalized spacial score (nSPS) is 15.3. The highest BCUT2D eigenvalue weighted by Crippen LogP contribution is 2.35. The SMILES string of the molecule is CC(=O)OC1=C(CC2=C(OC(C)=O)C(=O)c3ccccc3C2=O)C(=O)c2ccccc2C1=O. The molecule has 0 atom stereocenters. The average Bonchev–Trinajstić information content (AvgIpc) is 2.79. The van der Waals surface area contributed by atoms with Gasteiger partial charge in [-0.05, 0) is 0 Å². The molecule has 0 amide bonds. The van der Waals surface area contributed by atoms with Crippen molar-refractivity contribution in [2.24, 2.45) is 0 Å². The van der Waals surface area contributed by atoms with E-state index in [1.807, 2.05) is 0 Å². The summed E-state index contributed by atoms with van der Waals surface area (Å²) >= 11 is 0. The van der Waals surface area contributed by atoms with Crippen molar-refractivity contribution in [3.63, 3.8) is 0 Å². The Labute approximate surface area is 187 Å². The molecule has 0 aliphatic heterocycles. The summed E-state index contributed by atoms with van der Waals surface area (Å²) in [5.41, 5.74) is -0.333. The minimum Gasteiger partial charge on any atom is -0.422 e. The van der Waals surface area contributed by atoms with Crippen LogP contribution in [-0.2, 0) is 19.1 Å². The van der Waals surface area contributed by atoms with E-state index in [4.69, 9.17) is 9.47 Å². The standard InChI is InChI=1S/C25H16O8/c1-12(26)32-24-18(20(28)14-7-3-5-9-16(14)22(24)30)11-19-21(29)15-8-4-6-10-17(15)23(31)25(19)33-13(2)27/h3-10H,11H2,1-2H3. The molecule has 0 saturated carbocycles. The van der Waals surface area contributed by atoms with Crippen molar-refractivity contribution in [1.29, 1.82) is 0 Å². The van der Waals surface area contributed by atoms with Crippen LogP contribution in [0.4, 0.5) is 0 Å². The molecule has 0 radical (unpaired) electrons. The quantitative estimate of drug-likeness (QED) is 0.660. The van der Waals surface area contributed by atoms with Crippen molar-refractivity contribution in [3.8, 4) is 0 Å². The van der Waals surface area contributed by atoms with Gasteiger partial charge in [0.25, 0.3) is 0 Å². The zero-order valence-electron chi connectivity index (χ0n) is 17.6. The second-order valence-corrected chi connectivity index (χ2v) is 7.39. The molecule has 164 valence electrons. The monoisotopic (exact) mass is 444 g/mol. The molecule has 0 aromatic heterocycles. The van der Waals surface area contributed by atoms with Crippen LogP contribution in [0.1, 0.15) is 61.7 Å². The molecule has 0 saturated heterocycles. The van der Waals surface area contributed by atoms with E-state index in [1.54, 1.807) is 24.3 Å². The Morgan fingerprint density at radius 1 is 0.576 bits per heavy atom. The van der Waals surface area contributed by atoms with Crippen molar-refractivity contribution in [2.75, 3.05) is 0 Å². The number of rotatable bonds is 4. The number of ether oxygens (including phenoxy) is 2. The predicted molar refractivity (Wildman–Crippen MR) is 112 cm³/mol. The number of hydrogen-bond acceptors (Lipinski definition) is 8. The summed E-state index contributed by atoms with van der Waals surface area (Å²) in [6.07, 6.45) is -0.553. The smallest absolute Gasteiger partial charge is 0.308 e. The lowest BCUT2D eigenvalue weighted by atomic mass is 9.81. The highest BCUT2D eigenvalue weighted by molar-refractivity contribution is 6.29. The molecule has 2 aromatic rings. The number of carbonyl (C=O) groups excluding carboxylic acids is 6. The topological polar surface area (TPSA) is 121 Å². The van der Waals surface area contributed by atoms with Gasteiger partial charge in [0.15, 0.2) is 23.1 Å². The van der Waals surface area contributed by atoms with Crippen LogP contribution in [0.3, 0.4) is 0 Å². The van der Waals surface area contributed by atoms with Gasteiger partial charge in [-0.15, -0.1) is 0 Å². The van der Waals surface area contributed by atoms with Crippen molar-refractivity contribution in [2.45, 2.75) is 20.3 Å². The molecule has 4 rings (SSSR count). The number of allylic oxidation sites excluding steroid dienone is 4. The lowest BCUT2D eigenvalue weighted by Gasteiger charge is -2.23. The van der Waals surface area contributed by atoms with Gasteiger partial charge >= 0.3 is 11.9 Å².